The Balaban J connectivity index is 1.25. The van der Waals surface area contributed by atoms with Crippen LogP contribution in [0.25, 0.3) is 11.4 Å². The lowest BCUT2D eigenvalue weighted by molar-refractivity contribution is -0.137. The van der Waals surface area contributed by atoms with Gasteiger partial charge in [-0.05, 0) is 43.5 Å². The second kappa shape index (κ2) is 15.3. The number of hydrogen-bond donors (Lipinski definition) is 3. The summed E-state index contributed by atoms with van der Waals surface area (Å²) < 4.78 is 52.5. The molecular weight excluding hydrogens is 741 g/mol. The monoisotopic (exact) mass is 774 g/mol. The second-order valence-electron chi connectivity index (χ2n) is 12.4. The molecule has 1 fully saturated rings. The number of nitrogens with one attached hydrogen (secondary N) is 2. The Labute approximate surface area is 308 Å². The van der Waals surface area contributed by atoms with Crippen LogP contribution in [0.3, 0.4) is 0 Å². The molecule has 1 saturated heterocycles. The average Bonchev–Trinajstić information content (AvgIpc) is 3.58. The van der Waals surface area contributed by atoms with E-state index < -0.39 is 65.0 Å². The predicted octanol–water partition coefficient (Wildman–Crippen LogP) is 2.61. The molecule has 286 valence electrons. The highest BCUT2D eigenvalue weighted by molar-refractivity contribution is 6.33. The van der Waals surface area contributed by atoms with E-state index >= 15 is 0 Å². The molecule has 5 heterocycles. The number of amides is 3. The molecule has 3 N–H and O–H groups in total. The van der Waals surface area contributed by atoms with E-state index in [1.165, 1.54) is 16.4 Å². The van der Waals surface area contributed by atoms with E-state index in [-0.39, 0.29) is 66.4 Å². The molecule has 0 atom stereocenters. The molecule has 20 heteroatoms. The van der Waals surface area contributed by atoms with Gasteiger partial charge in [0.1, 0.15) is 23.7 Å². The van der Waals surface area contributed by atoms with Gasteiger partial charge in [0, 0.05) is 32.2 Å². The summed E-state index contributed by atoms with van der Waals surface area (Å²) in [6.07, 6.45) is -2.10. The molecule has 2 aliphatic rings. The molecule has 1 aromatic carbocycles. The molecular formula is C34H34ClF3N8O8. The second-order valence-corrected chi connectivity index (χ2v) is 12.8. The van der Waals surface area contributed by atoms with Gasteiger partial charge in [-0.2, -0.15) is 22.7 Å². The number of nitrogens with zero attached hydrogens (tertiary/aromatic N) is 6. The highest BCUT2D eigenvalue weighted by atomic mass is 35.5. The first-order chi connectivity index (χ1) is 25.7. The van der Waals surface area contributed by atoms with Gasteiger partial charge >= 0.3 is 11.8 Å². The molecule has 0 aliphatic carbocycles. The third-order valence-corrected chi connectivity index (χ3v) is 9.23. The Kier molecular flexibility index (Phi) is 10.8. The maximum Gasteiger partial charge on any atom is 0.416 e. The van der Waals surface area contributed by atoms with Crippen molar-refractivity contribution in [1.29, 1.82) is 0 Å². The van der Waals surface area contributed by atoms with Crippen LogP contribution in [0.1, 0.15) is 46.5 Å². The smallest absolute Gasteiger partial charge is 0.416 e. The summed E-state index contributed by atoms with van der Waals surface area (Å²) >= 11 is 6.10. The summed E-state index contributed by atoms with van der Waals surface area (Å²) in [4.78, 5) is 73.2. The van der Waals surface area contributed by atoms with Gasteiger partial charge in [-0.1, -0.05) is 24.6 Å². The van der Waals surface area contributed by atoms with Crippen LogP contribution in [0.4, 0.5) is 24.5 Å². The van der Waals surface area contributed by atoms with Crippen molar-refractivity contribution in [3.63, 3.8) is 0 Å². The van der Waals surface area contributed by atoms with Crippen molar-refractivity contribution in [3.05, 3.63) is 84.5 Å². The van der Waals surface area contributed by atoms with Crippen molar-refractivity contribution in [2.24, 2.45) is 0 Å². The zero-order valence-electron chi connectivity index (χ0n) is 29.0. The number of benzene rings is 1. The first-order valence-electron chi connectivity index (χ1n) is 16.8. The molecule has 0 spiro atoms. The van der Waals surface area contributed by atoms with E-state index in [4.69, 9.17) is 20.8 Å². The topological polar surface area (TPSA) is 194 Å². The molecule has 4 aromatic rings. The first kappa shape index (κ1) is 38.0. The van der Waals surface area contributed by atoms with Gasteiger partial charge in [-0.15, -0.1) is 5.10 Å². The quantitative estimate of drug-likeness (QED) is 0.226. The lowest BCUT2D eigenvalue weighted by atomic mass is 10.1. The number of anilines is 2. The largest absolute Gasteiger partial charge is 0.507 e. The summed E-state index contributed by atoms with van der Waals surface area (Å²) in [6.45, 7) is 3.68. The number of carbonyl (C=O) groups is 3. The maximum atomic E-state index is 14.2. The summed E-state index contributed by atoms with van der Waals surface area (Å²) in [5, 5.41) is 19.1. The molecule has 54 heavy (non-hydrogen) atoms. The van der Waals surface area contributed by atoms with Crippen LogP contribution >= 0.6 is 11.6 Å². The van der Waals surface area contributed by atoms with E-state index in [1.54, 1.807) is 17.9 Å². The standard InChI is InChI=1S/C34H34ClF3N8O8/c1-3-23-28(44-10-8-43(9-11-44)26(49)16-39-30(50)27-24(47)14-18(2)54-32(27)52)31(51)46-33(41-29(42-46)19-6-12-53-13-7-19)45(23)17-25(48)40-22-5-4-20(15-21(22)35)34(36,37)38/h4-6,14-15,47H,3,7-13,16-17H2,1-2H3,(H,39,50)(H,40,48). The fourth-order valence-corrected chi connectivity index (χ4v) is 6.49. The number of ether oxygens (including phenoxy) is 1. The molecule has 16 nitrogen and oxygen atoms in total. The zero-order valence-corrected chi connectivity index (χ0v) is 29.7. The number of aryl methyl sites for hydroxylation is 1. The molecule has 0 unspecified atom stereocenters. The van der Waals surface area contributed by atoms with Crippen LogP contribution in [0.2, 0.25) is 5.02 Å². The van der Waals surface area contributed by atoms with Crippen LogP contribution in [0.5, 0.6) is 5.75 Å². The Morgan fingerprint density at radius 3 is 2.46 bits per heavy atom. The molecule has 0 bridgehead atoms. The van der Waals surface area contributed by atoms with Crippen LogP contribution in [0.15, 0.2) is 44.3 Å². The van der Waals surface area contributed by atoms with E-state index in [0.29, 0.717) is 31.4 Å². The van der Waals surface area contributed by atoms with Gasteiger partial charge in [0.15, 0.2) is 11.4 Å². The summed E-state index contributed by atoms with van der Waals surface area (Å²) in [5.74, 6) is -2.27. The summed E-state index contributed by atoms with van der Waals surface area (Å²) in [7, 11) is 0. The highest BCUT2D eigenvalue weighted by Gasteiger charge is 2.32. The minimum Gasteiger partial charge on any atom is -0.507 e. The Hall–Kier alpha value is -5.69. The number of rotatable bonds is 9. The third kappa shape index (κ3) is 7.81. The van der Waals surface area contributed by atoms with E-state index in [1.807, 2.05) is 0 Å². The number of aromatic hydroxyl groups is 1. The summed E-state index contributed by atoms with van der Waals surface area (Å²) in [5.41, 5.74) is -1.84. The molecule has 3 amide bonds. The fourth-order valence-electron chi connectivity index (χ4n) is 6.26. The van der Waals surface area contributed by atoms with Gasteiger partial charge in [0.2, 0.25) is 17.6 Å². The minimum absolute atomic E-state index is 0.0457. The normalized spacial score (nSPS) is 15.0. The zero-order chi connectivity index (χ0) is 38.9. The van der Waals surface area contributed by atoms with Crippen LogP contribution in [-0.4, -0.2) is 92.8 Å². The van der Waals surface area contributed by atoms with Crippen LogP contribution in [0, 0.1) is 6.92 Å². The maximum absolute atomic E-state index is 14.2. The molecule has 0 radical (unpaired) electrons. The lowest BCUT2D eigenvalue weighted by Crippen LogP contribution is -2.53. The summed E-state index contributed by atoms with van der Waals surface area (Å²) in [6, 6.07) is 3.67. The number of piperazine rings is 1. The third-order valence-electron chi connectivity index (χ3n) is 8.91. The van der Waals surface area contributed by atoms with Crippen molar-refractivity contribution in [1.82, 2.24) is 29.4 Å². The number of alkyl halides is 3. The van der Waals surface area contributed by atoms with Gasteiger partial charge in [-0.3, -0.25) is 19.2 Å². The minimum atomic E-state index is -4.63. The average molecular weight is 775 g/mol. The number of hydrogen-bond acceptors (Lipinski definition) is 11. The van der Waals surface area contributed by atoms with Gasteiger partial charge in [0.05, 0.1) is 41.7 Å². The molecule has 6 rings (SSSR count). The SMILES string of the molecule is CCc1c(N2CCN(C(=O)CNC(=O)c3c(O)cc(C)oc3=O)CC2)c(=O)n2nc(C3=CCOCC3)nc2n1CC(=O)Nc1ccc(C(F)(F)F)cc1Cl. The van der Waals surface area contributed by atoms with Crippen molar-refractivity contribution in [3.8, 4) is 5.75 Å². The lowest BCUT2D eigenvalue weighted by Gasteiger charge is -2.36. The number of halogens is 4. The Morgan fingerprint density at radius 1 is 1.09 bits per heavy atom. The number of carbonyl (C=O) groups excluding carboxylic acids is 3. The highest BCUT2D eigenvalue weighted by Crippen LogP contribution is 2.34. The van der Waals surface area contributed by atoms with Crippen molar-refractivity contribution >= 4 is 52.0 Å². The Bertz CT molecular complexity index is 2290. The number of fused-ring (bicyclic) bond motifs is 1. The first-order valence-corrected chi connectivity index (χ1v) is 17.1. The number of aromatic nitrogens is 4. The van der Waals surface area contributed by atoms with Crippen molar-refractivity contribution < 1.29 is 41.8 Å². The van der Waals surface area contributed by atoms with E-state index in [9.17, 15) is 42.3 Å². The molecule has 3 aromatic heterocycles. The van der Waals surface area contributed by atoms with Gasteiger partial charge in [0.25, 0.3) is 11.5 Å². The van der Waals surface area contributed by atoms with E-state index in [2.05, 4.69) is 20.7 Å². The van der Waals surface area contributed by atoms with Gasteiger partial charge < -0.3 is 39.3 Å². The Morgan fingerprint density at radius 2 is 1.83 bits per heavy atom. The molecule has 0 saturated carbocycles. The van der Waals surface area contributed by atoms with Crippen LogP contribution < -0.4 is 26.7 Å². The van der Waals surface area contributed by atoms with Crippen molar-refractivity contribution in [2.75, 3.05) is 56.2 Å². The van der Waals surface area contributed by atoms with Crippen LogP contribution in [-0.2, 0) is 33.5 Å². The predicted molar refractivity (Wildman–Crippen MR) is 188 cm³/mol. The molecule has 2 aliphatic heterocycles. The van der Waals surface area contributed by atoms with Crippen molar-refractivity contribution in [2.45, 2.75) is 39.4 Å². The van der Waals surface area contributed by atoms with Gasteiger partial charge in [-0.25, -0.2) is 4.79 Å². The fraction of sp³-hybridized carbons (Fsp3) is 0.382. The van der Waals surface area contributed by atoms with E-state index in [0.717, 1.165) is 28.3 Å².